The average Bonchev–Trinajstić information content (AvgIpc) is 2.59. The molecular formula is C21H24O4. The number of carbonyl (C=O) groups excluding carboxylic acids is 2. The van der Waals surface area contributed by atoms with Crippen LogP contribution in [0.3, 0.4) is 0 Å². The van der Waals surface area contributed by atoms with Gasteiger partial charge in [-0.05, 0) is 29.0 Å². The molecule has 2 aromatic carbocycles. The molecule has 132 valence electrons. The van der Waals surface area contributed by atoms with Crippen molar-refractivity contribution in [3.8, 4) is 5.75 Å². The Morgan fingerprint density at radius 1 is 1.00 bits per heavy atom. The van der Waals surface area contributed by atoms with Crippen LogP contribution < -0.4 is 0 Å². The van der Waals surface area contributed by atoms with Gasteiger partial charge in [-0.3, -0.25) is 4.79 Å². The van der Waals surface area contributed by atoms with E-state index in [0.717, 1.165) is 5.56 Å². The van der Waals surface area contributed by atoms with Crippen LogP contribution >= 0.6 is 0 Å². The predicted molar refractivity (Wildman–Crippen MR) is 97.3 cm³/mol. The molecule has 0 aliphatic rings. The third-order valence-electron chi connectivity index (χ3n) is 4.10. The molecule has 0 unspecified atom stereocenters. The lowest BCUT2D eigenvalue weighted by atomic mass is 9.92. The molecule has 2 rings (SSSR count). The highest BCUT2D eigenvalue weighted by Gasteiger charge is 2.21. The van der Waals surface area contributed by atoms with Gasteiger partial charge in [0.25, 0.3) is 0 Å². The first-order chi connectivity index (χ1) is 11.8. The number of rotatable bonds is 6. The summed E-state index contributed by atoms with van der Waals surface area (Å²) in [5.74, 6) is -0.771. The van der Waals surface area contributed by atoms with Crippen LogP contribution in [0.2, 0.25) is 0 Å². The number of ketones is 1. The van der Waals surface area contributed by atoms with Crippen molar-refractivity contribution in [1.82, 2.24) is 0 Å². The van der Waals surface area contributed by atoms with Crippen LogP contribution in [0.1, 0.15) is 71.4 Å². The molecule has 4 heteroatoms. The highest BCUT2D eigenvalue weighted by atomic mass is 16.5. The molecule has 0 spiro atoms. The second-order valence-corrected chi connectivity index (χ2v) is 6.68. The van der Waals surface area contributed by atoms with Crippen molar-refractivity contribution in [2.75, 3.05) is 6.61 Å². The van der Waals surface area contributed by atoms with Gasteiger partial charge in [0.05, 0.1) is 0 Å². The van der Waals surface area contributed by atoms with E-state index in [0.29, 0.717) is 11.1 Å². The first kappa shape index (κ1) is 18.7. The van der Waals surface area contributed by atoms with Gasteiger partial charge < -0.3 is 9.84 Å². The largest absolute Gasteiger partial charge is 0.507 e. The zero-order chi connectivity index (χ0) is 18.6. The van der Waals surface area contributed by atoms with E-state index in [4.69, 9.17) is 4.74 Å². The zero-order valence-electron chi connectivity index (χ0n) is 15.1. The summed E-state index contributed by atoms with van der Waals surface area (Å²) in [6.07, 6.45) is 0. The molecule has 2 aromatic rings. The summed E-state index contributed by atoms with van der Waals surface area (Å²) >= 11 is 0. The molecule has 0 aliphatic carbocycles. The minimum atomic E-state index is -0.689. The Morgan fingerprint density at radius 2 is 1.64 bits per heavy atom. The Labute approximate surface area is 148 Å². The van der Waals surface area contributed by atoms with Crippen molar-refractivity contribution in [3.05, 3.63) is 64.7 Å². The minimum absolute atomic E-state index is 0.0659. The van der Waals surface area contributed by atoms with Crippen molar-refractivity contribution in [3.63, 3.8) is 0 Å². The van der Waals surface area contributed by atoms with E-state index in [1.807, 2.05) is 39.8 Å². The van der Waals surface area contributed by atoms with Gasteiger partial charge in [-0.2, -0.15) is 0 Å². The highest BCUT2D eigenvalue weighted by Crippen LogP contribution is 2.33. The van der Waals surface area contributed by atoms with Gasteiger partial charge in [-0.25, -0.2) is 4.79 Å². The van der Waals surface area contributed by atoms with Gasteiger partial charge >= 0.3 is 5.97 Å². The quantitative estimate of drug-likeness (QED) is 0.612. The number of Topliss-reactive ketones (excluding diaryl/α,β-unsaturated/α-hetero) is 1. The smallest absolute Gasteiger partial charge is 0.342 e. The molecule has 1 N–H and O–H groups in total. The zero-order valence-corrected chi connectivity index (χ0v) is 15.1. The van der Waals surface area contributed by atoms with Crippen LogP contribution in [-0.4, -0.2) is 23.5 Å². The normalized spacial score (nSPS) is 11.0. The molecule has 0 atom stereocenters. The summed E-state index contributed by atoms with van der Waals surface area (Å²) in [4.78, 5) is 24.5. The van der Waals surface area contributed by atoms with Crippen molar-refractivity contribution in [1.29, 1.82) is 0 Å². The Bertz CT molecular complexity index is 761. The Kier molecular flexibility index (Phi) is 5.97. The third kappa shape index (κ3) is 4.47. The van der Waals surface area contributed by atoms with Gasteiger partial charge in [-0.1, -0.05) is 64.1 Å². The number of phenols is 1. The maximum atomic E-state index is 12.4. The lowest BCUT2D eigenvalue weighted by Crippen LogP contribution is -2.15. The number of hydrogen-bond acceptors (Lipinski definition) is 4. The van der Waals surface area contributed by atoms with Gasteiger partial charge in [0.2, 0.25) is 0 Å². The Hall–Kier alpha value is -2.62. The second-order valence-electron chi connectivity index (χ2n) is 6.68. The number of hydrogen-bond donors (Lipinski definition) is 1. The SMILES string of the molecule is CC(C)c1cc(C(=O)OCC(=O)c2ccccc2)c(O)c(C(C)C)c1. The fourth-order valence-electron chi connectivity index (χ4n) is 2.53. The Morgan fingerprint density at radius 3 is 2.20 bits per heavy atom. The first-order valence-corrected chi connectivity index (χ1v) is 8.43. The summed E-state index contributed by atoms with van der Waals surface area (Å²) in [6.45, 7) is 7.58. The minimum Gasteiger partial charge on any atom is -0.507 e. The lowest BCUT2D eigenvalue weighted by molar-refractivity contribution is 0.0471. The standard InChI is InChI=1S/C21H24O4/c1-13(2)16-10-17(14(3)4)20(23)18(11-16)21(24)25-12-19(22)15-8-6-5-7-9-15/h5-11,13-14,23H,12H2,1-4H3. The number of esters is 1. The molecule has 0 aromatic heterocycles. The lowest BCUT2D eigenvalue weighted by Gasteiger charge is -2.16. The van der Waals surface area contributed by atoms with Crippen LogP contribution in [0.25, 0.3) is 0 Å². The van der Waals surface area contributed by atoms with Crippen LogP contribution in [0, 0.1) is 0 Å². The molecule has 0 saturated heterocycles. The van der Waals surface area contributed by atoms with Crippen LogP contribution in [0.4, 0.5) is 0 Å². The maximum absolute atomic E-state index is 12.4. The van der Waals surface area contributed by atoms with E-state index in [-0.39, 0.29) is 35.5 Å². The summed E-state index contributed by atoms with van der Waals surface area (Å²) in [5, 5.41) is 10.4. The number of aromatic hydroxyl groups is 1. The molecule has 0 saturated carbocycles. The Balaban J connectivity index is 2.22. The molecule has 0 aliphatic heterocycles. The third-order valence-corrected chi connectivity index (χ3v) is 4.10. The van der Waals surface area contributed by atoms with E-state index in [9.17, 15) is 14.7 Å². The van der Waals surface area contributed by atoms with Gasteiger partial charge in [0, 0.05) is 5.56 Å². The molecule has 0 heterocycles. The molecule has 0 amide bonds. The fraction of sp³-hybridized carbons (Fsp3) is 0.333. The molecule has 25 heavy (non-hydrogen) atoms. The van der Waals surface area contributed by atoms with E-state index < -0.39 is 5.97 Å². The molecule has 0 fully saturated rings. The number of benzene rings is 2. The summed E-state index contributed by atoms with van der Waals surface area (Å²) in [7, 11) is 0. The van der Waals surface area contributed by atoms with Crippen LogP contribution in [-0.2, 0) is 4.74 Å². The number of ether oxygens (including phenoxy) is 1. The van der Waals surface area contributed by atoms with E-state index in [2.05, 4.69) is 0 Å². The highest BCUT2D eigenvalue weighted by molar-refractivity contribution is 6.00. The van der Waals surface area contributed by atoms with Gasteiger partial charge in [0.15, 0.2) is 12.4 Å². The number of carbonyl (C=O) groups is 2. The molecule has 0 radical (unpaired) electrons. The molecule has 4 nitrogen and oxygen atoms in total. The summed E-state index contributed by atoms with van der Waals surface area (Å²) in [5.41, 5.74) is 2.24. The fourth-order valence-corrected chi connectivity index (χ4v) is 2.53. The van der Waals surface area contributed by atoms with Gasteiger partial charge in [0.1, 0.15) is 11.3 Å². The van der Waals surface area contributed by atoms with E-state index >= 15 is 0 Å². The molecule has 0 bridgehead atoms. The van der Waals surface area contributed by atoms with Crippen LogP contribution in [0.15, 0.2) is 42.5 Å². The van der Waals surface area contributed by atoms with Crippen molar-refractivity contribution >= 4 is 11.8 Å². The second kappa shape index (κ2) is 7.97. The van der Waals surface area contributed by atoms with E-state index in [1.54, 1.807) is 30.3 Å². The molecular weight excluding hydrogens is 316 g/mol. The monoisotopic (exact) mass is 340 g/mol. The average molecular weight is 340 g/mol. The predicted octanol–water partition coefficient (Wildman–Crippen LogP) is 4.68. The van der Waals surface area contributed by atoms with Gasteiger partial charge in [-0.15, -0.1) is 0 Å². The van der Waals surface area contributed by atoms with Crippen molar-refractivity contribution in [2.24, 2.45) is 0 Å². The summed E-state index contributed by atoms with van der Waals surface area (Å²) in [6, 6.07) is 12.2. The van der Waals surface area contributed by atoms with Crippen molar-refractivity contribution in [2.45, 2.75) is 39.5 Å². The maximum Gasteiger partial charge on any atom is 0.342 e. The van der Waals surface area contributed by atoms with Crippen LogP contribution in [0.5, 0.6) is 5.75 Å². The number of phenolic OH excluding ortho intramolecular Hbond substituents is 1. The first-order valence-electron chi connectivity index (χ1n) is 8.43. The topological polar surface area (TPSA) is 63.6 Å². The summed E-state index contributed by atoms with van der Waals surface area (Å²) < 4.78 is 5.15. The van der Waals surface area contributed by atoms with E-state index in [1.165, 1.54) is 0 Å². The van der Waals surface area contributed by atoms with Crippen molar-refractivity contribution < 1.29 is 19.4 Å².